The fraction of sp³-hybridized carbons (Fsp3) is 0.118. The van der Waals surface area contributed by atoms with E-state index in [-0.39, 0.29) is 23.2 Å². The van der Waals surface area contributed by atoms with Crippen LogP contribution in [-0.2, 0) is 11.3 Å². The van der Waals surface area contributed by atoms with E-state index in [1.54, 1.807) is 12.1 Å². The number of amides is 1. The fourth-order valence-corrected chi connectivity index (χ4v) is 2.42. The largest absolute Gasteiger partial charge is 0.444 e. The van der Waals surface area contributed by atoms with E-state index in [1.807, 2.05) is 18.2 Å². The molecular weight excluding hydrogens is 340 g/mol. The van der Waals surface area contributed by atoms with Crippen molar-refractivity contribution >= 4 is 28.4 Å². The first-order chi connectivity index (χ1) is 12.5. The van der Waals surface area contributed by atoms with Crippen LogP contribution in [0.5, 0.6) is 0 Å². The summed E-state index contributed by atoms with van der Waals surface area (Å²) in [5, 5.41) is 11.4. The number of nitrogens with zero attached hydrogens (tertiary/aromatic N) is 3. The average molecular weight is 354 g/mol. The molecule has 2 aromatic carbocycles. The molecule has 0 atom stereocenters. The van der Waals surface area contributed by atoms with Crippen LogP contribution in [0, 0.1) is 10.1 Å². The molecule has 1 amide bonds. The summed E-state index contributed by atoms with van der Waals surface area (Å²) in [6, 6.07) is 11.5. The summed E-state index contributed by atoms with van der Waals surface area (Å²) in [7, 11) is 1.36. The van der Waals surface area contributed by atoms with E-state index in [0.29, 0.717) is 0 Å². The van der Waals surface area contributed by atoms with Crippen molar-refractivity contribution in [2.45, 2.75) is 6.61 Å². The Kier molecular flexibility index (Phi) is 4.61. The van der Waals surface area contributed by atoms with Gasteiger partial charge < -0.3 is 9.72 Å². The van der Waals surface area contributed by atoms with Crippen molar-refractivity contribution in [3.05, 3.63) is 74.8 Å². The van der Waals surface area contributed by atoms with Gasteiger partial charge in [0.2, 0.25) is 0 Å². The summed E-state index contributed by atoms with van der Waals surface area (Å²) < 4.78 is 5.19. The van der Waals surface area contributed by atoms with E-state index in [0.717, 1.165) is 16.5 Å². The number of carbonyl (C=O) groups excluding carboxylic acids is 1. The van der Waals surface area contributed by atoms with Crippen LogP contribution >= 0.6 is 0 Å². The zero-order chi connectivity index (χ0) is 18.7. The Balaban J connectivity index is 1.92. The van der Waals surface area contributed by atoms with Crippen LogP contribution in [0.3, 0.4) is 0 Å². The Morgan fingerprint density at radius 3 is 2.73 bits per heavy atom. The third-order valence-corrected chi connectivity index (χ3v) is 3.77. The van der Waals surface area contributed by atoms with Gasteiger partial charge in [-0.05, 0) is 11.6 Å². The van der Waals surface area contributed by atoms with Gasteiger partial charge in [-0.15, -0.1) is 0 Å². The minimum absolute atomic E-state index is 0.0151. The summed E-state index contributed by atoms with van der Waals surface area (Å²) in [4.78, 5) is 42.2. The van der Waals surface area contributed by atoms with Gasteiger partial charge in [0.05, 0.1) is 22.2 Å². The molecule has 0 unspecified atom stereocenters. The van der Waals surface area contributed by atoms with Crippen molar-refractivity contribution in [3.8, 4) is 0 Å². The molecule has 1 N–H and O–H groups in total. The topological polar surface area (TPSA) is 118 Å². The predicted molar refractivity (Wildman–Crippen MR) is 94.0 cm³/mol. The smallest absolute Gasteiger partial charge is 0.414 e. The molecule has 0 radical (unpaired) electrons. The molecular formula is C17H14N4O5. The summed E-state index contributed by atoms with van der Waals surface area (Å²) in [5.74, 6) is 0. The van der Waals surface area contributed by atoms with Crippen molar-refractivity contribution < 1.29 is 14.5 Å². The van der Waals surface area contributed by atoms with Crippen LogP contribution in [0.1, 0.15) is 5.56 Å². The number of aromatic amines is 1. The van der Waals surface area contributed by atoms with Gasteiger partial charge in [-0.2, -0.15) is 0 Å². The van der Waals surface area contributed by atoms with Crippen LogP contribution in [-0.4, -0.2) is 28.0 Å². The second-order valence-corrected chi connectivity index (χ2v) is 5.45. The predicted octanol–water partition coefficient (Wildman–Crippen LogP) is 2.60. The van der Waals surface area contributed by atoms with Crippen molar-refractivity contribution in [1.82, 2.24) is 9.97 Å². The standard InChI is InChI=1S/C17H14N4O5/c1-20(17(23)26-9-11-5-3-2-4-6-11)14-8-13-12(7-15(14)21(24)25)16(22)19-10-18-13/h2-8,10H,9H2,1H3,(H,18,19,22). The Bertz CT molecular complexity index is 1030. The summed E-state index contributed by atoms with van der Waals surface area (Å²) >= 11 is 0. The van der Waals surface area contributed by atoms with E-state index in [2.05, 4.69) is 9.97 Å². The van der Waals surface area contributed by atoms with E-state index in [1.165, 1.54) is 19.4 Å². The monoisotopic (exact) mass is 354 g/mol. The van der Waals surface area contributed by atoms with E-state index in [4.69, 9.17) is 4.74 Å². The van der Waals surface area contributed by atoms with Gasteiger partial charge in [-0.3, -0.25) is 19.8 Å². The minimum Gasteiger partial charge on any atom is -0.444 e. The zero-order valence-corrected chi connectivity index (χ0v) is 13.7. The minimum atomic E-state index is -0.763. The highest BCUT2D eigenvalue weighted by Crippen LogP contribution is 2.31. The van der Waals surface area contributed by atoms with E-state index in [9.17, 15) is 19.7 Å². The molecule has 1 heterocycles. The van der Waals surface area contributed by atoms with Crippen LogP contribution in [0.15, 0.2) is 53.6 Å². The second-order valence-electron chi connectivity index (χ2n) is 5.45. The number of rotatable bonds is 4. The molecule has 0 spiro atoms. The normalized spacial score (nSPS) is 10.5. The van der Waals surface area contributed by atoms with Gasteiger partial charge in [-0.25, -0.2) is 9.78 Å². The van der Waals surface area contributed by atoms with Crippen molar-refractivity contribution in [1.29, 1.82) is 0 Å². The Morgan fingerprint density at radius 2 is 2.04 bits per heavy atom. The van der Waals surface area contributed by atoms with Gasteiger partial charge in [-0.1, -0.05) is 30.3 Å². The number of nitro benzene ring substituents is 1. The number of hydrogen-bond acceptors (Lipinski definition) is 6. The Morgan fingerprint density at radius 1 is 1.31 bits per heavy atom. The van der Waals surface area contributed by atoms with Crippen LogP contribution in [0.25, 0.3) is 10.9 Å². The first-order valence-corrected chi connectivity index (χ1v) is 7.57. The maximum atomic E-state index is 12.3. The lowest BCUT2D eigenvalue weighted by molar-refractivity contribution is -0.384. The first kappa shape index (κ1) is 17.1. The van der Waals surface area contributed by atoms with Crippen molar-refractivity contribution in [3.63, 3.8) is 0 Å². The lowest BCUT2D eigenvalue weighted by Gasteiger charge is -2.17. The molecule has 3 rings (SSSR count). The fourth-order valence-electron chi connectivity index (χ4n) is 2.42. The van der Waals surface area contributed by atoms with Gasteiger partial charge in [0.25, 0.3) is 11.2 Å². The van der Waals surface area contributed by atoms with Crippen LogP contribution < -0.4 is 10.5 Å². The zero-order valence-electron chi connectivity index (χ0n) is 13.7. The molecule has 3 aromatic rings. The molecule has 0 bridgehead atoms. The van der Waals surface area contributed by atoms with E-state index >= 15 is 0 Å². The molecule has 132 valence electrons. The summed E-state index contributed by atoms with van der Waals surface area (Å²) in [6.45, 7) is 0.0311. The molecule has 0 saturated carbocycles. The number of ether oxygens (including phenoxy) is 1. The van der Waals surface area contributed by atoms with Crippen LogP contribution in [0.4, 0.5) is 16.2 Å². The number of aromatic nitrogens is 2. The third kappa shape index (κ3) is 3.36. The van der Waals surface area contributed by atoms with Gasteiger partial charge in [0, 0.05) is 13.1 Å². The molecule has 0 aliphatic carbocycles. The van der Waals surface area contributed by atoms with Gasteiger partial charge >= 0.3 is 6.09 Å². The van der Waals surface area contributed by atoms with Crippen LogP contribution in [0.2, 0.25) is 0 Å². The van der Waals surface area contributed by atoms with Gasteiger partial charge in [0.15, 0.2) is 0 Å². The maximum Gasteiger partial charge on any atom is 0.414 e. The van der Waals surface area contributed by atoms with Gasteiger partial charge in [0.1, 0.15) is 12.3 Å². The highest BCUT2D eigenvalue weighted by Gasteiger charge is 2.24. The van der Waals surface area contributed by atoms with E-state index < -0.39 is 22.3 Å². The summed E-state index contributed by atoms with van der Waals surface area (Å²) in [6.07, 6.45) is 0.426. The molecule has 0 fully saturated rings. The molecule has 0 aliphatic rings. The Hall–Kier alpha value is -3.75. The molecule has 0 saturated heterocycles. The second kappa shape index (κ2) is 7.01. The molecule has 0 aliphatic heterocycles. The molecule has 9 nitrogen and oxygen atoms in total. The average Bonchev–Trinajstić information content (AvgIpc) is 2.65. The number of carbonyl (C=O) groups is 1. The Labute approximate surface area is 147 Å². The number of benzene rings is 2. The first-order valence-electron chi connectivity index (χ1n) is 7.57. The third-order valence-electron chi connectivity index (χ3n) is 3.77. The number of anilines is 1. The summed E-state index contributed by atoms with van der Waals surface area (Å²) in [5.41, 5.74) is 0.111. The number of nitrogens with one attached hydrogen (secondary N) is 1. The quantitative estimate of drug-likeness (QED) is 0.568. The number of hydrogen-bond donors (Lipinski definition) is 1. The number of nitro groups is 1. The van der Waals surface area contributed by atoms with Crippen molar-refractivity contribution in [2.75, 3.05) is 11.9 Å². The molecule has 26 heavy (non-hydrogen) atoms. The SMILES string of the molecule is CN(C(=O)OCc1ccccc1)c1cc2nc[nH]c(=O)c2cc1[N+](=O)[O-]. The lowest BCUT2D eigenvalue weighted by atomic mass is 10.2. The maximum absolute atomic E-state index is 12.3. The highest BCUT2D eigenvalue weighted by atomic mass is 16.6. The highest BCUT2D eigenvalue weighted by molar-refractivity contribution is 5.95. The number of fused-ring (bicyclic) bond motifs is 1. The molecule has 9 heteroatoms. The number of H-pyrrole nitrogens is 1. The van der Waals surface area contributed by atoms with Crippen molar-refractivity contribution in [2.24, 2.45) is 0 Å². The lowest BCUT2D eigenvalue weighted by Crippen LogP contribution is -2.27. The molecule has 1 aromatic heterocycles.